The molecule has 6 heteroatoms. The number of phenols is 1. The maximum Gasteiger partial charge on any atom is 0.198 e. The first-order valence-corrected chi connectivity index (χ1v) is 12.1. The van der Waals surface area contributed by atoms with Gasteiger partial charge in [-0.15, -0.1) is 0 Å². The maximum absolute atomic E-state index is 13.7. The van der Waals surface area contributed by atoms with Crippen LogP contribution in [0.2, 0.25) is 0 Å². The van der Waals surface area contributed by atoms with Crippen molar-refractivity contribution in [1.29, 1.82) is 0 Å². The van der Waals surface area contributed by atoms with Crippen LogP contribution in [-0.4, -0.2) is 16.7 Å². The highest BCUT2D eigenvalue weighted by molar-refractivity contribution is 6.31. The zero-order valence-corrected chi connectivity index (χ0v) is 20.1. The average molecular weight is 499 g/mol. The second kappa shape index (κ2) is 9.59. The number of aromatic hydroxyl groups is 1. The summed E-state index contributed by atoms with van der Waals surface area (Å²) in [4.78, 5) is 27.1. The van der Waals surface area contributed by atoms with Gasteiger partial charge >= 0.3 is 0 Å². The lowest BCUT2D eigenvalue weighted by molar-refractivity contribution is 0.0977. The second-order valence-electron chi connectivity index (χ2n) is 8.83. The van der Waals surface area contributed by atoms with E-state index < -0.39 is 5.78 Å². The monoisotopic (exact) mass is 498 g/mol. The van der Waals surface area contributed by atoms with E-state index in [1.165, 1.54) is 6.07 Å². The van der Waals surface area contributed by atoms with Gasteiger partial charge in [-0.2, -0.15) is 0 Å². The Hall–Kier alpha value is -5.36. The average Bonchev–Trinajstić information content (AvgIpc) is 2.95. The fourth-order valence-electron chi connectivity index (χ4n) is 4.54. The summed E-state index contributed by atoms with van der Waals surface area (Å²) in [6.45, 7) is 0. The Bertz CT molecular complexity index is 1660. The van der Waals surface area contributed by atoms with Gasteiger partial charge in [-0.05, 0) is 48.5 Å². The summed E-state index contributed by atoms with van der Waals surface area (Å²) in [6.07, 6.45) is 0. The van der Waals surface area contributed by atoms with Gasteiger partial charge < -0.3 is 20.5 Å². The first-order valence-electron chi connectivity index (χ1n) is 12.1. The summed E-state index contributed by atoms with van der Waals surface area (Å²) in [5.41, 5.74) is 3.40. The number of ketones is 2. The molecule has 38 heavy (non-hydrogen) atoms. The molecule has 6 rings (SSSR count). The number of carbonyl (C=O) groups is 2. The molecule has 0 amide bonds. The molecule has 0 fully saturated rings. The SMILES string of the molecule is O=C1c2ccccc2C(=O)c2c(Nc3ccc(Nc4ccccc4)cc3)c(Oc3ccccc3)cc(O)c21. The number of nitrogens with one attached hydrogen (secondary N) is 2. The van der Waals surface area contributed by atoms with Crippen LogP contribution in [0.5, 0.6) is 17.2 Å². The number of hydrogen-bond donors (Lipinski definition) is 3. The fourth-order valence-corrected chi connectivity index (χ4v) is 4.54. The number of anilines is 4. The fraction of sp³-hybridized carbons (Fsp3) is 0. The van der Waals surface area contributed by atoms with Gasteiger partial charge in [-0.25, -0.2) is 0 Å². The Morgan fingerprint density at radius 1 is 0.553 bits per heavy atom. The van der Waals surface area contributed by atoms with E-state index in [0.717, 1.165) is 11.4 Å². The van der Waals surface area contributed by atoms with Crippen molar-refractivity contribution in [3.8, 4) is 17.2 Å². The van der Waals surface area contributed by atoms with Crippen LogP contribution < -0.4 is 15.4 Å². The molecule has 0 spiro atoms. The molecular weight excluding hydrogens is 476 g/mol. The highest BCUT2D eigenvalue weighted by atomic mass is 16.5. The number of benzene rings is 5. The number of ether oxygens (including phenoxy) is 1. The minimum atomic E-state index is -0.413. The molecular formula is C32H22N2O4. The van der Waals surface area contributed by atoms with Crippen molar-refractivity contribution in [2.24, 2.45) is 0 Å². The van der Waals surface area contributed by atoms with Gasteiger partial charge in [0.25, 0.3) is 0 Å². The topological polar surface area (TPSA) is 87.7 Å². The van der Waals surface area contributed by atoms with Gasteiger partial charge in [0, 0.05) is 34.3 Å². The van der Waals surface area contributed by atoms with Crippen LogP contribution in [0, 0.1) is 0 Å². The Balaban J connectivity index is 1.43. The molecule has 0 saturated carbocycles. The van der Waals surface area contributed by atoms with Crippen LogP contribution in [-0.2, 0) is 0 Å². The van der Waals surface area contributed by atoms with Crippen LogP contribution in [0.3, 0.4) is 0 Å². The van der Waals surface area contributed by atoms with E-state index in [1.807, 2.05) is 72.8 Å². The van der Waals surface area contributed by atoms with Crippen LogP contribution in [0.25, 0.3) is 0 Å². The number of phenolic OH excluding ortho intramolecular Hbond substituents is 1. The molecule has 5 aromatic carbocycles. The third-order valence-corrected chi connectivity index (χ3v) is 6.33. The first kappa shape index (κ1) is 23.1. The van der Waals surface area contributed by atoms with Gasteiger partial charge in [0.2, 0.25) is 0 Å². The van der Waals surface area contributed by atoms with E-state index in [1.54, 1.807) is 36.4 Å². The molecule has 0 atom stereocenters. The van der Waals surface area contributed by atoms with Crippen molar-refractivity contribution in [2.45, 2.75) is 0 Å². The van der Waals surface area contributed by atoms with Gasteiger partial charge in [-0.1, -0.05) is 60.7 Å². The van der Waals surface area contributed by atoms with Crippen molar-refractivity contribution in [2.75, 3.05) is 10.6 Å². The molecule has 6 nitrogen and oxygen atoms in total. The lowest BCUT2D eigenvalue weighted by Gasteiger charge is -2.24. The van der Waals surface area contributed by atoms with E-state index >= 15 is 0 Å². The molecule has 5 aromatic rings. The Labute approximate surface area is 219 Å². The number of rotatable bonds is 6. The van der Waals surface area contributed by atoms with Gasteiger partial charge in [0.15, 0.2) is 17.3 Å². The zero-order chi connectivity index (χ0) is 26.1. The van der Waals surface area contributed by atoms with Crippen LogP contribution >= 0.6 is 0 Å². The van der Waals surface area contributed by atoms with Crippen LogP contribution in [0.4, 0.5) is 22.7 Å². The molecule has 0 aliphatic heterocycles. The molecule has 0 heterocycles. The molecule has 1 aliphatic carbocycles. The third kappa shape index (κ3) is 4.24. The van der Waals surface area contributed by atoms with Crippen molar-refractivity contribution in [1.82, 2.24) is 0 Å². The van der Waals surface area contributed by atoms with Crippen molar-refractivity contribution in [3.63, 3.8) is 0 Å². The summed E-state index contributed by atoms with van der Waals surface area (Å²) in [7, 11) is 0. The summed E-state index contributed by atoms with van der Waals surface area (Å²) in [5.74, 6) is -0.350. The summed E-state index contributed by atoms with van der Waals surface area (Å²) < 4.78 is 6.10. The Morgan fingerprint density at radius 2 is 1.05 bits per heavy atom. The Kier molecular flexibility index (Phi) is 5.82. The smallest absolute Gasteiger partial charge is 0.198 e. The predicted molar refractivity (Wildman–Crippen MR) is 147 cm³/mol. The van der Waals surface area contributed by atoms with E-state index in [4.69, 9.17) is 4.74 Å². The molecule has 1 aliphatic rings. The van der Waals surface area contributed by atoms with Gasteiger partial charge in [0.05, 0.1) is 16.8 Å². The summed E-state index contributed by atoms with van der Waals surface area (Å²) in [6, 6.07) is 34.4. The largest absolute Gasteiger partial charge is 0.507 e. The molecule has 0 bridgehead atoms. The second-order valence-corrected chi connectivity index (χ2v) is 8.83. The van der Waals surface area contributed by atoms with Crippen LogP contribution in [0.1, 0.15) is 31.8 Å². The molecule has 0 aromatic heterocycles. The standard InChI is InChI=1S/C32H22N2O4/c35-26-19-27(38-23-11-5-2-6-12-23)30(29-28(26)31(36)24-13-7-8-14-25(24)32(29)37)34-22-17-15-21(16-18-22)33-20-9-3-1-4-10-20/h1-19,33-35H. The molecule has 3 N–H and O–H groups in total. The highest BCUT2D eigenvalue weighted by Crippen LogP contribution is 2.45. The summed E-state index contributed by atoms with van der Waals surface area (Å²) in [5, 5.41) is 17.5. The van der Waals surface area contributed by atoms with E-state index in [2.05, 4.69) is 10.6 Å². The number of carbonyl (C=O) groups excluding carboxylic acids is 2. The van der Waals surface area contributed by atoms with E-state index in [0.29, 0.717) is 17.1 Å². The lowest BCUT2D eigenvalue weighted by Crippen LogP contribution is -2.22. The number of fused-ring (bicyclic) bond motifs is 2. The Morgan fingerprint density at radius 3 is 1.68 bits per heavy atom. The highest BCUT2D eigenvalue weighted by Gasteiger charge is 2.36. The van der Waals surface area contributed by atoms with Gasteiger partial charge in [-0.3, -0.25) is 9.59 Å². The minimum absolute atomic E-state index is 0.0426. The lowest BCUT2D eigenvalue weighted by atomic mass is 9.82. The molecule has 0 unspecified atom stereocenters. The number of hydrogen-bond acceptors (Lipinski definition) is 6. The molecule has 0 saturated heterocycles. The first-order chi connectivity index (χ1) is 18.6. The minimum Gasteiger partial charge on any atom is -0.507 e. The van der Waals surface area contributed by atoms with E-state index in [9.17, 15) is 14.7 Å². The number of para-hydroxylation sites is 2. The zero-order valence-electron chi connectivity index (χ0n) is 20.1. The molecule has 184 valence electrons. The van der Waals surface area contributed by atoms with Crippen molar-refractivity contribution >= 4 is 34.3 Å². The van der Waals surface area contributed by atoms with E-state index in [-0.39, 0.29) is 39.5 Å². The summed E-state index contributed by atoms with van der Waals surface area (Å²) >= 11 is 0. The van der Waals surface area contributed by atoms with Crippen molar-refractivity contribution < 1.29 is 19.4 Å². The van der Waals surface area contributed by atoms with Crippen LogP contribution in [0.15, 0.2) is 115 Å². The maximum atomic E-state index is 13.7. The van der Waals surface area contributed by atoms with Crippen molar-refractivity contribution in [3.05, 3.63) is 138 Å². The normalized spacial score (nSPS) is 11.9. The molecule has 0 radical (unpaired) electrons. The predicted octanol–water partition coefficient (Wildman–Crippen LogP) is 7.45. The quantitative estimate of drug-likeness (QED) is 0.207. The third-order valence-electron chi connectivity index (χ3n) is 6.33. The van der Waals surface area contributed by atoms with Gasteiger partial charge in [0.1, 0.15) is 11.5 Å².